The lowest BCUT2D eigenvalue weighted by atomic mass is 10.8. The average Bonchev–Trinajstić information content (AvgIpc) is 1.35. The second-order valence-electron chi connectivity index (χ2n) is 0.544. The Morgan fingerprint density at radius 2 is 2.14 bits per heavy atom. The van der Waals surface area contributed by atoms with Gasteiger partial charge in [0.25, 0.3) is 0 Å². The molecule has 0 rings (SSSR count). The summed E-state index contributed by atoms with van der Waals surface area (Å²) in [6, 6.07) is 0. The van der Waals surface area contributed by atoms with Crippen molar-refractivity contribution in [3.8, 4) is 0 Å². The van der Waals surface area contributed by atoms with E-state index in [0.29, 0.717) is 0 Å². The van der Waals surface area contributed by atoms with Crippen molar-refractivity contribution in [1.29, 1.82) is 0 Å². The lowest BCUT2D eigenvalue weighted by Crippen LogP contribution is -1.65. The van der Waals surface area contributed by atoms with Crippen molar-refractivity contribution in [3.63, 3.8) is 0 Å². The zero-order valence-electron chi connectivity index (χ0n) is 3.58. The summed E-state index contributed by atoms with van der Waals surface area (Å²) in [5, 5.41) is 0. The normalized spacial score (nSPS) is 12.1. The molecule has 0 aliphatic carbocycles. The zero-order valence-corrected chi connectivity index (χ0v) is 8.74. The highest BCUT2D eigenvalue weighted by Gasteiger charge is 1.79. The highest BCUT2D eigenvalue weighted by molar-refractivity contribution is 9.27. The molecule has 0 aliphatic rings. The summed E-state index contributed by atoms with van der Waals surface area (Å²) >= 11 is 8.68. The predicted molar refractivity (Wildman–Crippen MR) is 57.8 cm³/mol. The van der Waals surface area contributed by atoms with E-state index in [4.69, 9.17) is 11.2 Å². The third-order valence-corrected chi connectivity index (χ3v) is 6.55. The van der Waals surface area contributed by atoms with Gasteiger partial charge in [-0.15, -0.1) is 8.34 Å². The van der Waals surface area contributed by atoms with E-state index in [-0.39, 0.29) is 21.8 Å². The molecule has 0 nitrogen and oxygen atoms in total. The Hall–Kier alpha value is 2.03. The van der Waals surface area contributed by atoms with Gasteiger partial charge in [-0.2, -0.15) is 13.5 Å². The second-order valence-corrected chi connectivity index (χ2v) is 8.69. The predicted octanol–water partition coefficient (Wildman–Crippen LogP) is 0.869. The van der Waals surface area contributed by atoms with Crippen LogP contribution >= 0.6 is 44.8 Å². The molecule has 0 bridgehead atoms. The van der Waals surface area contributed by atoms with Crippen LogP contribution in [0, 0.1) is 0 Å². The standard InChI is InChI=1S/BH3S5.H2S/c1-6(3)5-4-2;/h2H,1H2;1H2. The molecule has 0 aliphatic heterocycles. The van der Waals surface area contributed by atoms with Gasteiger partial charge < -0.3 is 0 Å². The monoisotopic (exact) mass is 208 g/mol. The molecule has 1 atom stereocenters. The van der Waals surface area contributed by atoms with E-state index in [0.717, 1.165) is 0 Å². The van der Waals surface area contributed by atoms with Crippen LogP contribution in [0.15, 0.2) is 0 Å². The minimum atomic E-state index is 0. The van der Waals surface area contributed by atoms with Crippen LogP contribution in [0.4, 0.5) is 0 Å². The second kappa shape index (κ2) is 8.03. The molecule has 44 valence electrons. The highest BCUT2D eigenvalue weighted by atomic mass is 33.7. The minimum absolute atomic E-state index is 0. The number of thiol groups is 1. The van der Waals surface area contributed by atoms with Crippen LogP contribution in [-0.2, 0) is 19.5 Å². The average molecular weight is 208 g/mol. The van der Waals surface area contributed by atoms with Gasteiger partial charge in [-0.05, 0) is 19.7 Å². The SMILES string of the molecule is BS(=S)SSS.S. The van der Waals surface area contributed by atoms with Crippen molar-refractivity contribution in [2.45, 2.75) is 0 Å². The Balaban J connectivity index is 0. The van der Waals surface area contributed by atoms with Crippen molar-refractivity contribution in [1.82, 2.24) is 0 Å². The molecular weight excluding hydrogens is 203 g/mol. The number of hydrogen-bond donors (Lipinski definition) is 1. The molecule has 0 radical (unpaired) electrons. The van der Waals surface area contributed by atoms with Gasteiger partial charge in [0.2, 0.25) is 0 Å². The third kappa shape index (κ3) is 11.5. The van der Waals surface area contributed by atoms with Crippen molar-refractivity contribution in [3.05, 3.63) is 0 Å². The molecule has 0 heterocycles. The van der Waals surface area contributed by atoms with Crippen LogP contribution in [0.25, 0.3) is 0 Å². The maximum atomic E-state index is 4.80. The van der Waals surface area contributed by atoms with E-state index in [1.165, 1.54) is 9.83 Å². The molecule has 0 aromatic rings. The molecule has 7 heavy (non-hydrogen) atoms. The summed E-state index contributed by atoms with van der Waals surface area (Å²) in [7, 11) is 5.10. The van der Waals surface area contributed by atoms with E-state index in [1.807, 2.05) is 7.12 Å². The molecule has 0 saturated heterocycles. The van der Waals surface area contributed by atoms with Gasteiger partial charge in [0.15, 0.2) is 7.12 Å². The fourth-order valence-corrected chi connectivity index (χ4v) is 5.48. The molecule has 0 fully saturated rings. The Bertz CT molecular complexity index is 48.1. The Kier molecular flexibility index (Phi) is 13.5. The van der Waals surface area contributed by atoms with E-state index >= 15 is 0 Å². The van der Waals surface area contributed by atoms with Gasteiger partial charge in [0, 0.05) is 0 Å². The molecule has 0 N–H and O–H groups in total. The van der Waals surface area contributed by atoms with Crippen molar-refractivity contribution >= 4 is 71.5 Å². The first-order valence-electron chi connectivity index (χ1n) is 1.09. The van der Waals surface area contributed by atoms with E-state index < -0.39 is 0 Å². The molecule has 0 saturated carbocycles. The first-order chi connectivity index (χ1) is 2.77. The van der Waals surface area contributed by atoms with Gasteiger partial charge in [0.05, 0.1) is 0 Å². The van der Waals surface area contributed by atoms with Crippen molar-refractivity contribution in [2.24, 2.45) is 0 Å². The zero-order chi connectivity index (χ0) is 4.99. The number of hydrogen-bond acceptors (Lipinski definition) is 4. The first kappa shape index (κ1) is 11.8. The van der Waals surface area contributed by atoms with E-state index in [9.17, 15) is 0 Å². The van der Waals surface area contributed by atoms with Gasteiger partial charge in [-0.3, -0.25) is 0 Å². The number of rotatable bonds is 2. The molecule has 0 spiro atoms. The summed E-state index contributed by atoms with van der Waals surface area (Å²) in [5.41, 5.74) is 0. The molecule has 0 aromatic heterocycles. The largest absolute Gasteiger partial charge is 0.197 e. The maximum Gasteiger partial charge on any atom is 0.195 e. The molecule has 0 aromatic carbocycles. The van der Waals surface area contributed by atoms with Gasteiger partial charge >= 0.3 is 0 Å². The highest BCUT2D eigenvalue weighted by Crippen LogP contribution is 2.26. The van der Waals surface area contributed by atoms with Gasteiger partial charge in [-0.1, -0.05) is 22.8 Å². The van der Waals surface area contributed by atoms with Crippen molar-refractivity contribution in [2.75, 3.05) is 0 Å². The van der Waals surface area contributed by atoms with E-state index in [1.54, 1.807) is 9.83 Å². The summed E-state index contributed by atoms with van der Waals surface area (Å²) in [5.74, 6) is 0. The molecular formula is H5BS6. The summed E-state index contributed by atoms with van der Waals surface area (Å²) in [6.07, 6.45) is 0. The molecule has 1 unspecified atom stereocenters. The maximum absolute atomic E-state index is 4.80. The van der Waals surface area contributed by atoms with Crippen molar-refractivity contribution < 1.29 is 0 Å². The summed E-state index contributed by atoms with van der Waals surface area (Å²) in [6.45, 7) is 0. The summed E-state index contributed by atoms with van der Waals surface area (Å²) < 4.78 is 0. The first-order valence-corrected chi connectivity index (χ1v) is 7.37. The lowest BCUT2D eigenvalue weighted by Gasteiger charge is -1.84. The van der Waals surface area contributed by atoms with Crippen LogP contribution in [0.5, 0.6) is 0 Å². The Morgan fingerprint density at radius 1 is 1.71 bits per heavy atom. The van der Waals surface area contributed by atoms with Gasteiger partial charge in [0.1, 0.15) is 0 Å². The fraction of sp³-hybridized carbons (Fsp3) is 0. The lowest BCUT2D eigenvalue weighted by molar-refractivity contribution is 5.11. The van der Waals surface area contributed by atoms with Crippen LogP contribution in [0.1, 0.15) is 0 Å². The summed E-state index contributed by atoms with van der Waals surface area (Å²) in [4.78, 5) is 0. The van der Waals surface area contributed by atoms with Gasteiger partial charge in [-0.25, -0.2) is 0 Å². The Labute approximate surface area is 70.9 Å². The minimum Gasteiger partial charge on any atom is -0.197 e. The topological polar surface area (TPSA) is 0 Å². The Morgan fingerprint density at radius 3 is 2.14 bits per heavy atom. The fourth-order valence-electron chi connectivity index (χ4n) is 0.0429. The smallest absolute Gasteiger partial charge is 0.195 e. The third-order valence-electron chi connectivity index (χ3n) is 0.126. The van der Waals surface area contributed by atoms with Crippen LogP contribution < -0.4 is 0 Å². The van der Waals surface area contributed by atoms with Crippen LogP contribution in [0.3, 0.4) is 0 Å². The quantitative estimate of drug-likeness (QED) is 0.406. The molecule has 0 amide bonds. The van der Waals surface area contributed by atoms with E-state index in [2.05, 4.69) is 11.7 Å². The molecule has 7 heteroatoms. The van der Waals surface area contributed by atoms with Crippen LogP contribution in [-0.4, -0.2) is 7.12 Å². The van der Waals surface area contributed by atoms with Crippen LogP contribution in [0.2, 0.25) is 0 Å².